The van der Waals surface area contributed by atoms with Gasteiger partial charge in [-0.2, -0.15) is 0 Å². The molecule has 13 rings (SSSR count). The predicted octanol–water partition coefficient (Wildman–Crippen LogP) is -9.07. The van der Waals surface area contributed by atoms with Gasteiger partial charge in [0, 0.05) is 5.41 Å². The molecule has 48 atom stereocenters. The number of esters is 1. The first kappa shape index (κ1) is 93.3. The highest BCUT2D eigenvalue weighted by Gasteiger charge is 2.71. The summed E-state index contributed by atoms with van der Waals surface area (Å²) in [6.07, 6.45) is -61.3. The van der Waals surface area contributed by atoms with E-state index in [1.807, 2.05) is 6.92 Å². The standard InChI is InChI=1S/C77H126O41/c1-27-40(83)45(88)52(95)65(106-27)115-60-33(21-79)109-63(56(99)50(60)93)104-24-35-43(86)47(90)54(97)68(111-35)114-59-28(2)107-66(58(101)49(59)92)116-61-34(22-80)110-64(57(100)51(61)94)105-25-36-44(87)48(91)55(98)69(112-36)118-71(102)77-17-15-72(3,4)19-30(77)29-9-10-38-73(5)13-12-39(74(6,26-81)37(73)11-14-76(38,8)75(29,7)16-18-77)113-70-62(41(84)31(82)23-103-70)117-67-53(96)46(89)42(85)32(20-78)108-67/h9,27-28,30-70,78-101H,10-26H2,1-8H3/t27-,28-,30-,31-,32+,33+,34+,35+,36+,37+,38+,39-,40-,41-,42+,43+,44+,45+,46-,47-,48-,49-,50+,51+,52+,53+,54+,55+,56+,57+,58+,59-,60+,61+,62+,63+,64+,65-,66-,67-,68-,69-,70-,73-,74-,75+,76+,77-/m0/s1. The van der Waals surface area contributed by atoms with Crippen molar-refractivity contribution < 1.29 is 203 Å². The molecule has 118 heavy (non-hydrogen) atoms. The fraction of sp³-hybridized carbons (Fsp3) is 0.961. The number of aliphatic hydroxyl groups is 24. The molecular weight excluding hydrogens is 1580 g/mol. The van der Waals surface area contributed by atoms with Gasteiger partial charge in [-0.1, -0.05) is 53.2 Å². The second-order valence-corrected chi connectivity index (χ2v) is 36.9. The van der Waals surface area contributed by atoms with Crippen LogP contribution in [0.4, 0.5) is 0 Å². The van der Waals surface area contributed by atoms with Gasteiger partial charge in [-0.15, -0.1) is 0 Å². The van der Waals surface area contributed by atoms with Crippen molar-refractivity contribution in [2.45, 2.75) is 365 Å². The summed E-state index contributed by atoms with van der Waals surface area (Å²) < 4.78 is 94.2. The SMILES string of the molecule is C[C@@H]1O[C@@H](O[C@H]2[C@H](O)[C@@H](O)[C@H](OC[C@H]3O[C@@H](O[C@@H]4[C@@H](O)[C@@H](O)[C@H](O[C@H]5[C@H](O)[C@@H](O)[C@H](OC[C@H]6O[C@@H](OC(=O)[C@]78CCC(C)(C)C[C@H]7C7=CC[C@@H]9[C@@]%10(C)CC[C@H](O[C@@H]%11OC[C@H](O)[C@H](O)[C@H]%11O[C@@H]%11O[C@H](CO)[C@@H](O)[C@H](O)[C@H]%11O)[C@@](C)(CO)[C@@H]%10CC[C@@]9(C)[C@]7(C)CC8)[C@H](O)[C@@H](O)[C@@H]6O)O[C@@H]5CO)O[C@H]4C)[C@H](O)[C@@H](O)[C@@H]3O)O[C@@H]2CO)[C@H](O)[C@H](O)[C@H]1O. The lowest BCUT2D eigenvalue weighted by Gasteiger charge is -2.71. The van der Waals surface area contributed by atoms with Crippen molar-refractivity contribution in [1.82, 2.24) is 0 Å². The second kappa shape index (κ2) is 36.1. The molecule has 0 amide bonds. The summed E-state index contributed by atoms with van der Waals surface area (Å²) in [5.41, 5.74) is -2.47. The zero-order valence-corrected chi connectivity index (χ0v) is 67.1. The van der Waals surface area contributed by atoms with Crippen LogP contribution in [-0.2, 0) is 80.6 Å². The molecule has 0 bridgehead atoms. The van der Waals surface area contributed by atoms with Gasteiger partial charge in [0.05, 0.1) is 70.0 Å². The molecule has 0 spiro atoms. The Hall–Kier alpha value is -2.35. The summed E-state index contributed by atoms with van der Waals surface area (Å²) in [6, 6.07) is 0. The Labute approximate surface area is 680 Å². The fourth-order valence-corrected chi connectivity index (χ4v) is 21.9. The maximum Gasteiger partial charge on any atom is 0.315 e. The highest BCUT2D eigenvalue weighted by atomic mass is 16.8. The number of carbonyl (C=O) groups excluding carboxylic acids is 1. The van der Waals surface area contributed by atoms with Gasteiger partial charge >= 0.3 is 5.97 Å². The maximum absolute atomic E-state index is 15.5. The molecule has 0 radical (unpaired) electrons. The molecular formula is C77H126O41. The molecule has 8 heterocycles. The van der Waals surface area contributed by atoms with Crippen molar-refractivity contribution in [2.75, 3.05) is 46.2 Å². The molecule has 41 heteroatoms. The third kappa shape index (κ3) is 16.6. The molecule has 680 valence electrons. The minimum atomic E-state index is -2.11. The Bertz CT molecular complexity index is 3370. The van der Waals surface area contributed by atoms with E-state index in [-0.39, 0.29) is 41.8 Å². The third-order valence-electron chi connectivity index (χ3n) is 29.5. The highest BCUT2D eigenvalue weighted by Crippen LogP contribution is 2.76. The lowest BCUT2D eigenvalue weighted by atomic mass is 9.33. The van der Waals surface area contributed by atoms with Crippen LogP contribution in [-0.4, -0.2) is 420 Å². The van der Waals surface area contributed by atoms with E-state index in [4.69, 9.17) is 75.8 Å². The van der Waals surface area contributed by atoms with Gasteiger partial charge in [-0.25, -0.2) is 0 Å². The molecule has 4 saturated carbocycles. The van der Waals surface area contributed by atoms with Crippen molar-refractivity contribution in [1.29, 1.82) is 0 Å². The van der Waals surface area contributed by atoms with E-state index in [1.54, 1.807) is 0 Å². The first-order chi connectivity index (χ1) is 55.5. The summed E-state index contributed by atoms with van der Waals surface area (Å²) in [7, 11) is 0. The van der Waals surface area contributed by atoms with Gasteiger partial charge < -0.3 is 198 Å². The van der Waals surface area contributed by atoms with Crippen LogP contribution in [0.3, 0.4) is 0 Å². The Morgan fingerprint density at radius 2 is 0.847 bits per heavy atom. The Balaban J connectivity index is 0.619. The zero-order valence-electron chi connectivity index (χ0n) is 67.1. The monoisotopic (exact) mass is 1710 g/mol. The average molecular weight is 1710 g/mol. The number of hydrogen-bond acceptors (Lipinski definition) is 41. The topological polar surface area (TPSA) is 650 Å². The number of carbonyl (C=O) groups is 1. The van der Waals surface area contributed by atoms with Gasteiger partial charge in [0.2, 0.25) is 6.29 Å². The van der Waals surface area contributed by atoms with E-state index in [9.17, 15) is 123 Å². The van der Waals surface area contributed by atoms with Crippen molar-refractivity contribution in [3.05, 3.63) is 11.6 Å². The number of aliphatic hydroxyl groups excluding tert-OH is 24. The van der Waals surface area contributed by atoms with Crippen LogP contribution in [0.2, 0.25) is 0 Å². The van der Waals surface area contributed by atoms with Crippen LogP contribution in [0.5, 0.6) is 0 Å². The largest absolute Gasteiger partial charge is 0.432 e. The smallest absolute Gasteiger partial charge is 0.315 e. The molecule has 24 N–H and O–H groups in total. The summed E-state index contributed by atoms with van der Waals surface area (Å²) in [4.78, 5) is 15.5. The summed E-state index contributed by atoms with van der Waals surface area (Å²) in [5, 5.41) is 263. The molecule has 0 aromatic heterocycles. The molecule has 13 aliphatic rings. The second-order valence-electron chi connectivity index (χ2n) is 36.9. The fourth-order valence-electron chi connectivity index (χ4n) is 21.9. The molecule has 0 aromatic rings. The van der Waals surface area contributed by atoms with Crippen LogP contribution in [0.25, 0.3) is 0 Å². The van der Waals surface area contributed by atoms with Crippen LogP contribution in [0.1, 0.15) is 120 Å². The van der Waals surface area contributed by atoms with Gasteiger partial charge in [0.15, 0.2) is 44.0 Å². The maximum atomic E-state index is 15.5. The number of rotatable bonds is 22. The lowest BCUT2D eigenvalue weighted by Crippen LogP contribution is -2.67. The molecule has 0 unspecified atom stereocenters. The molecule has 12 fully saturated rings. The van der Waals surface area contributed by atoms with E-state index in [0.29, 0.717) is 64.2 Å². The number of ether oxygens (including phenoxy) is 16. The summed E-state index contributed by atoms with van der Waals surface area (Å²) >= 11 is 0. The van der Waals surface area contributed by atoms with Gasteiger partial charge in [-0.3, -0.25) is 4.79 Å². The molecule has 5 aliphatic carbocycles. The number of hydrogen-bond donors (Lipinski definition) is 24. The quantitative estimate of drug-likeness (QED) is 0.0272. The van der Waals surface area contributed by atoms with Crippen molar-refractivity contribution >= 4 is 5.97 Å². The molecule has 0 aromatic carbocycles. The Kier molecular flexibility index (Phi) is 28.5. The van der Waals surface area contributed by atoms with Gasteiger partial charge in [0.25, 0.3) is 0 Å². The predicted molar refractivity (Wildman–Crippen MR) is 386 cm³/mol. The summed E-state index contributed by atoms with van der Waals surface area (Å²) in [5.74, 6) is -1.16. The van der Waals surface area contributed by atoms with E-state index < -0.39 is 306 Å². The van der Waals surface area contributed by atoms with Crippen molar-refractivity contribution in [2.24, 2.45) is 50.2 Å². The molecule has 41 nitrogen and oxygen atoms in total. The lowest BCUT2D eigenvalue weighted by molar-refractivity contribution is -0.381. The molecule has 8 saturated heterocycles. The highest BCUT2D eigenvalue weighted by molar-refractivity contribution is 5.79. The third-order valence-corrected chi connectivity index (χ3v) is 29.5. The minimum Gasteiger partial charge on any atom is -0.432 e. The van der Waals surface area contributed by atoms with Gasteiger partial charge in [-0.05, 0) is 117 Å². The minimum absolute atomic E-state index is 0.0464. The Morgan fingerprint density at radius 1 is 0.407 bits per heavy atom. The Morgan fingerprint density at radius 3 is 1.39 bits per heavy atom. The van der Waals surface area contributed by atoms with Crippen LogP contribution < -0.4 is 0 Å². The number of fused-ring (bicyclic) bond motifs is 7. The van der Waals surface area contributed by atoms with E-state index in [1.165, 1.54) is 13.8 Å². The first-order valence-corrected chi connectivity index (χ1v) is 41.2. The van der Waals surface area contributed by atoms with Crippen LogP contribution in [0.15, 0.2) is 11.6 Å². The first-order valence-electron chi connectivity index (χ1n) is 41.2. The van der Waals surface area contributed by atoms with E-state index in [2.05, 4.69) is 40.7 Å². The van der Waals surface area contributed by atoms with Gasteiger partial charge in [0.1, 0.15) is 177 Å². The summed E-state index contributed by atoms with van der Waals surface area (Å²) in [6.45, 7) is 11.0. The van der Waals surface area contributed by atoms with Crippen molar-refractivity contribution in [3.8, 4) is 0 Å². The van der Waals surface area contributed by atoms with Crippen molar-refractivity contribution in [3.63, 3.8) is 0 Å². The zero-order chi connectivity index (χ0) is 86.0. The van der Waals surface area contributed by atoms with E-state index >= 15 is 4.79 Å². The van der Waals surface area contributed by atoms with E-state index in [0.717, 1.165) is 5.57 Å². The van der Waals surface area contributed by atoms with Crippen LogP contribution in [0, 0.1) is 50.2 Å². The number of allylic oxidation sites excluding steroid dienone is 2. The average Bonchev–Trinajstić information content (AvgIpc) is 0.672. The van der Waals surface area contributed by atoms with Crippen LogP contribution >= 0.6 is 0 Å². The normalized spacial score (nSPS) is 55.0. The molecule has 8 aliphatic heterocycles.